The first-order valence-electron chi connectivity index (χ1n) is 7.37. The first-order valence-corrected chi connectivity index (χ1v) is 8.73. The fourth-order valence-electron chi connectivity index (χ4n) is 2.45. The van der Waals surface area contributed by atoms with Crippen molar-refractivity contribution in [3.05, 3.63) is 70.7 Å². The van der Waals surface area contributed by atoms with Crippen LogP contribution in [-0.4, -0.2) is 24.4 Å². The lowest BCUT2D eigenvalue weighted by molar-refractivity contribution is -0.0349. The van der Waals surface area contributed by atoms with E-state index in [4.69, 9.17) is 21.1 Å². The number of benzene rings is 2. The molecular weight excluding hydrogens is 332 g/mol. The van der Waals surface area contributed by atoms with Crippen LogP contribution in [0.25, 0.3) is 0 Å². The minimum atomic E-state index is -0.436. The molecule has 5 heteroatoms. The molecule has 23 heavy (non-hydrogen) atoms. The summed E-state index contributed by atoms with van der Waals surface area (Å²) in [6.45, 7) is 2.28. The molecule has 3 rings (SSSR count). The summed E-state index contributed by atoms with van der Waals surface area (Å²) in [6, 6.07) is 16.6. The molecule has 0 aliphatic carbocycles. The molecule has 0 amide bonds. The number of carbonyl (C=O) groups is 1. The van der Waals surface area contributed by atoms with Gasteiger partial charge in [-0.3, -0.25) is 0 Å². The molecule has 0 radical (unpaired) electrons. The van der Waals surface area contributed by atoms with Crippen molar-refractivity contribution in [1.29, 1.82) is 0 Å². The monoisotopic (exact) mass is 348 g/mol. The van der Waals surface area contributed by atoms with Crippen LogP contribution in [0.15, 0.2) is 54.6 Å². The molecule has 0 unspecified atom stereocenters. The van der Waals surface area contributed by atoms with Crippen molar-refractivity contribution in [2.24, 2.45) is 0 Å². The van der Waals surface area contributed by atoms with Gasteiger partial charge in [-0.1, -0.05) is 41.9 Å². The van der Waals surface area contributed by atoms with Crippen molar-refractivity contribution in [1.82, 2.24) is 0 Å². The van der Waals surface area contributed by atoms with Crippen molar-refractivity contribution in [2.45, 2.75) is 18.0 Å². The molecule has 120 valence electrons. The number of thioether (sulfide) groups is 1. The van der Waals surface area contributed by atoms with Gasteiger partial charge in [-0.15, -0.1) is 11.8 Å². The topological polar surface area (TPSA) is 35.5 Å². The molecule has 0 bridgehead atoms. The molecule has 2 aromatic rings. The minimum absolute atomic E-state index is 0.117. The summed E-state index contributed by atoms with van der Waals surface area (Å²) in [7, 11) is 0. The van der Waals surface area contributed by atoms with Gasteiger partial charge in [0.15, 0.2) is 0 Å². The van der Waals surface area contributed by atoms with Gasteiger partial charge >= 0.3 is 5.97 Å². The third-order valence-electron chi connectivity index (χ3n) is 3.71. The summed E-state index contributed by atoms with van der Waals surface area (Å²) in [4.78, 5) is 11.5. The van der Waals surface area contributed by atoms with Crippen LogP contribution in [0.2, 0.25) is 5.02 Å². The molecule has 0 saturated carbocycles. The third-order valence-corrected chi connectivity index (χ3v) is 5.39. The number of esters is 1. The number of rotatable bonds is 4. The summed E-state index contributed by atoms with van der Waals surface area (Å²) in [6.07, 6.45) is -0.117. The van der Waals surface area contributed by atoms with Crippen molar-refractivity contribution >= 4 is 29.3 Å². The quantitative estimate of drug-likeness (QED) is 0.762. The van der Waals surface area contributed by atoms with Gasteiger partial charge in [0.05, 0.1) is 5.56 Å². The van der Waals surface area contributed by atoms with Crippen LogP contribution in [0.3, 0.4) is 0 Å². The Kier molecular flexibility index (Phi) is 4.95. The summed E-state index contributed by atoms with van der Waals surface area (Å²) < 4.78 is 11.5. The first kappa shape index (κ1) is 16.4. The largest absolute Gasteiger partial charge is 0.459 e. The summed E-state index contributed by atoms with van der Waals surface area (Å²) in [5.74, 6) is 0.459. The lowest BCUT2D eigenvalue weighted by Gasteiger charge is -2.24. The highest BCUT2D eigenvalue weighted by molar-refractivity contribution is 8.00. The van der Waals surface area contributed by atoms with Crippen molar-refractivity contribution < 1.29 is 14.3 Å². The van der Waals surface area contributed by atoms with Crippen LogP contribution in [0.4, 0.5) is 0 Å². The van der Waals surface area contributed by atoms with Crippen molar-refractivity contribution in [2.75, 3.05) is 12.4 Å². The maximum absolute atomic E-state index is 12.0. The number of halogens is 1. The number of carbonyl (C=O) groups excluding carboxylic acids is 1. The van der Waals surface area contributed by atoms with Gasteiger partial charge in [0.1, 0.15) is 17.6 Å². The van der Waals surface area contributed by atoms with Crippen LogP contribution in [0.5, 0.6) is 0 Å². The van der Waals surface area contributed by atoms with Crippen LogP contribution >= 0.6 is 23.4 Å². The first-order chi connectivity index (χ1) is 11.1. The Balaban J connectivity index is 1.57. The highest BCUT2D eigenvalue weighted by atomic mass is 35.5. The highest BCUT2D eigenvalue weighted by Gasteiger charge is 2.38. The van der Waals surface area contributed by atoms with E-state index < -0.39 is 4.93 Å². The predicted molar refractivity (Wildman–Crippen MR) is 92.9 cm³/mol. The molecule has 1 aliphatic rings. The Morgan fingerprint density at radius 1 is 1.26 bits per heavy atom. The van der Waals surface area contributed by atoms with E-state index in [0.717, 1.165) is 11.3 Å². The zero-order valence-corrected chi connectivity index (χ0v) is 14.3. The Bertz CT molecular complexity index is 674. The molecule has 1 saturated heterocycles. The van der Waals surface area contributed by atoms with Gasteiger partial charge in [-0.05, 0) is 36.8 Å². The van der Waals surface area contributed by atoms with E-state index >= 15 is 0 Å². The molecule has 2 aromatic carbocycles. The second kappa shape index (κ2) is 6.95. The third kappa shape index (κ3) is 3.89. The van der Waals surface area contributed by atoms with Gasteiger partial charge in [0.25, 0.3) is 0 Å². The number of hydrogen-bond donors (Lipinski definition) is 0. The zero-order valence-electron chi connectivity index (χ0n) is 12.7. The van der Waals surface area contributed by atoms with Gasteiger partial charge in [0.2, 0.25) is 0 Å². The van der Waals surface area contributed by atoms with Gasteiger partial charge in [-0.2, -0.15) is 0 Å². The normalized spacial score (nSPS) is 23.7. The van der Waals surface area contributed by atoms with E-state index in [-0.39, 0.29) is 18.7 Å². The second-order valence-electron chi connectivity index (χ2n) is 5.47. The Morgan fingerprint density at radius 3 is 2.65 bits per heavy atom. The summed E-state index contributed by atoms with van der Waals surface area (Å²) in [5, 5.41) is 0.702. The van der Waals surface area contributed by atoms with Crippen LogP contribution in [0, 0.1) is 0 Å². The highest BCUT2D eigenvalue weighted by Crippen LogP contribution is 2.44. The Hall–Kier alpha value is -1.49. The molecule has 0 N–H and O–H groups in total. The number of hydrogen-bond acceptors (Lipinski definition) is 4. The van der Waals surface area contributed by atoms with E-state index in [0.29, 0.717) is 10.6 Å². The molecule has 0 spiro atoms. The van der Waals surface area contributed by atoms with Crippen LogP contribution < -0.4 is 0 Å². The smallest absolute Gasteiger partial charge is 0.338 e. The molecular formula is C18H17ClO3S. The van der Waals surface area contributed by atoms with Gasteiger partial charge in [0, 0.05) is 10.8 Å². The fraction of sp³-hybridized carbons (Fsp3) is 0.278. The maximum atomic E-state index is 12.0. The summed E-state index contributed by atoms with van der Waals surface area (Å²) in [5.41, 5.74) is 1.61. The molecule has 0 aromatic heterocycles. The van der Waals surface area contributed by atoms with E-state index in [9.17, 15) is 4.79 Å². The van der Waals surface area contributed by atoms with E-state index in [1.165, 1.54) is 0 Å². The van der Waals surface area contributed by atoms with E-state index in [1.807, 2.05) is 49.4 Å². The van der Waals surface area contributed by atoms with Gasteiger partial charge in [-0.25, -0.2) is 4.79 Å². The molecule has 2 atom stereocenters. The fourth-order valence-corrected chi connectivity index (χ4v) is 3.75. The van der Waals surface area contributed by atoms with Crippen molar-refractivity contribution in [3.8, 4) is 0 Å². The minimum Gasteiger partial charge on any atom is -0.459 e. The van der Waals surface area contributed by atoms with Gasteiger partial charge < -0.3 is 9.47 Å². The molecule has 1 fully saturated rings. The average molecular weight is 349 g/mol. The second-order valence-corrected chi connectivity index (χ2v) is 7.31. The van der Waals surface area contributed by atoms with Crippen LogP contribution in [-0.2, 0) is 14.4 Å². The molecule has 1 heterocycles. The van der Waals surface area contributed by atoms with E-state index in [2.05, 4.69) is 0 Å². The maximum Gasteiger partial charge on any atom is 0.338 e. The lowest BCUT2D eigenvalue weighted by Crippen LogP contribution is -2.25. The Labute approximate surface area is 144 Å². The predicted octanol–water partition coefficient (Wildman–Crippen LogP) is 4.50. The molecule has 1 aliphatic heterocycles. The van der Waals surface area contributed by atoms with E-state index in [1.54, 1.807) is 23.9 Å². The number of ether oxygens (including phenoxy) is 2. The average Bonchev–Trinajstić information content (AvgIpc) is 2.96. The standard InChI is InChI=1S/C18H17ClO3S/c1-18(14-7-9-15(19)10-8-14)22-16(12-23-18)11-21-17(20)13-5-3-2-4-6-13/h2-10,16H,11-12H2,1H3/t16-,18-/m0/s1. The summed E-state index contributed by atoms with van der Waals surface area (Å²) >= 11 is 7.63. The SMILES string of the molecule is C[C@]1(c2ccc(Cl)cc2)O[C@@H](COC(=O)c2ccccc2)CS1. The van der Waals surface area contributed by atoms with Crippen LogP contribution in [0.1, 0.15) is 22.8 Å². The Morgan fingerprint density at radius 2 is 1.96 bits per heavy atom. The zero-order chi connectivity index (χ0) is 16.3. The molecule has 3 nitrogen and oxygen atoms in total. The lowest BCUT2D eigenvalue weighted by atomic mass is 10.1. The van der Waals surface area contributed by atoms with Crippen molar-refractivity contribution in [3.63, 3.8) is 0 Å².